The molecular weight excluding hydrogens is 554 g/mol. The van der Waals surface area contributed by atoms with E-state index in [1.807, 2.05) is 0 Å². The van der Waals surface area contributed by atoms with Crippen LogP contribution in [0.25, 0.3) is 11.2 Å². The minimum absolute atomic E-state index is 0.00924. The van der Waals surface area contributed by atoms with Crippen LogP contribution in [-0.2, 0) is 9.47 Å². The molecule has 0 spiro atoms. The molecule has 0 saturated carbocycles. The molecule has 2 aromatic heterocycles. The number of ketones is 2. The van der Waals surface area contributed by atoms with Crippen molar-refractivity contribution in [3.8, 4) is 0 Å². The first-order chi connectivity index (χ1) is 20.8. The van der Waals surface area contributed by atoms with Crippen molar-refractivity contribution >= 4 is 34.5 Å². The Bertz CT molecular complexity index is 1750. The number of ether oxygens (including phenoxy) is 2. The number of nitrogen functional groups attached to an aromatic ring is 1. The summed E-state index contributed by atoms with van der Waals surface area (Å²) < 4.78 is 13.4. The molecule has 0 aliphatic carbocycles. The van der Waals surface area contributed by atoms with Crippen molar-refractivity contribution in [2.45, 2.75) is 30.1 Å². The molecule has 0 radical (unpaired) electrons. The van der Waals surface area contributed by atoms with Gasteiger partial charge in [0, 0.05) is 11.1 Å². The van der Waals surface area contributed by atoms with Crippen molar-refractivity contribution in [3.63, 3.8) is 0 Å². The van der Waals surface area contributed by atoms with Crippen molar-refractivity contribution in [1.29, 1.82) is 0 Å². The number of carbonyl (C=O) groups excluding carboxylic acids is 3. The maximum absolute atomic E-state index is 14.5. The molecule has 216 valence electrons. The normalized spacial score (nSPS) is 20.1. The number of esters is 1. The van der Waals surface area contributed by atoms with Crippen LogP contribution in [0.15, 0.2) is 104 Å². The van der Waals surface area contributed by atoms with E-state index < -0.39 is 47.7 Å². The van der Waals surface area contributed by atoms with Crippen LogP contribution in [-0.4, -0.2) is 71.2 Å². The molecule has 1 saturated heterocycles. The first kappa shape index (κ1) is 27.8. The number of imidazole rings is 1. The molecule has 12 nitrogen and oxygen atoms in total. The van der Waals surface area contributed by atoms with Gasteiger partial charge in [0.1, 0.15) is 30.2 Å². The van der Waals surface area contributed by atoms with Crippen molar-refractivity contribution in [2.24, 2.45) is 0 Å². The van der Waals surface area contributed by atoms with Crippen molar-refractivity contribution < 1.29 is 34.1 Å². The number of aliphatic hydroxyl groups is 2. The Morgan fingerprint density at radius 2 is 1.30 bits per heavy atom. The summed E-state index contributed by atoms with van der Waals surface area (Å²) in [5.41, 5.74) is 3.58. The van der Waals surface area contributed by atoms with Crippen LogP contribution in [0.4, 0.5) is 5.82 Å². The van der Waals surface area contributed by atoms with Gasteiger partial charge in [0.2, 0.25) is 11.6 Å². The Labute approximate surface area is 244 Å². The maximum Gasteiger partial charge on any atom is 0.339 e. The second-order valence-electron chi connectivity index (χ2n) is 9.89. The number of nitrogens with zero attached hydrogens (tertiary/aromatic N) is 4. The fraction of sp³-hybridized carbons (Fsp3) is 0.161. The third-order valence-corrected chi connectivity index (χ3v) is 7.31. The van der Waals surface area contributed by atoms with E-state index in [-0.39, 0.29) is 33.7 Å². The number of benzene rings is 3. The van der Waals surface area contributed by atoms with E-state index in [0.29, 0.717) is 0 Å². The zero-order valence-electron chi connectivity index (χ0n) is 22.4. The van der Waals surface area contributed by atoms with Gasteiger partial charge in [0.05, 0.1) is 11.9 Å². The van der Waals surface area contributed by atoms with Crippen LogP contribution in [0.3, 0.4) is 0 Å². The Kier molecular flexibility index (Phi) is 7.24. The standard InChI is InChI=1S/C31H25N5O7/c32-27-21-28(34-16-33-27)36(17-35-21)29-23(38)22(37)26(42-29)31(24(39)18-10-4-1-5-11-18,25(40)19-12-6-2-7-13-19)43-30(41)20-14-8-3-9-15-20/h1-17,22-23,26,29,37-38H,(H2,32,33,34)/t22-,23+,26-,29+/m0/s1. The lowest BCUT2D eigenvalue weighted by molar-refractivity contribution is -0.108. The van der Waals surface area contributed by atoms with Crippen LogP contribution in [0, 0.1) is 0 Å². The molecule has 0 amide bonds. The Morgan fingerprint density at radius 3 is 1.86 bits per heavy atom. The smallest absolute Gasteiger partial charge is 0.339 e. The Hall–Kier alpha value is -5.30. The summed E-state index contributed by atoms with van der Waals surface area (Å²) in [6.07, 6.45) is -4.45. The number of fused-ring (bicyclic) bond motifs is 1. The molecule has 0 bridgehead atoms. The summed E-state index contributed by atoms with van der Waals surface area (Å²) in [4.78, 5) is 54.9. The van der Waals surface area contributed by atoms with E-state index >= 15 is 0 Å². The number of anilines is 1. The fourth-order valence-electron chi connectivity index (χ4n) is 5.18. The number of aliphatic hydroxyl groups excluding tert-OH is 2. The number of nitrogens with two attached hydrogens (primary N) is 1. The summed E-state index contributed by atoms with van der Waals surface area (Å²) in [5, 5.41) is 22.8. The largest absolute Gasteiger partial charge is 0.435 e. The number of Topliss-reactive ketones (excluding diaryl/α,β-unsaturated/α-hetero) is 2. The zero-order valence-corrected chi connectivity index (χ0v) is 22.4. The number of hydrogen-bond acceptors (Lipinski definition) is 11. The molecule has 1 aliphatic rings. The van der Waals surface area contributed by atoms with Crippen LogP contribution >= 0.6 is 0 Å². The molecule has 4 atom stereocenters. The first-order valence-corrected chi connectivity index (χ1v) is 13.3. The highest BCUT2D eigenvalue weighted by molar-refractivity contribution is 6.24. The van der Waals surface area contributed by atoms with Gasteiger partial charge in [-0.15, -0.1) is 0 Å². The highest BCUT2D eigenvalue weighted by Gasteiger charge is 2.64. The van der Waals surface area contributed by atoms with E-state index in [1.165, 1.54) is 53.6 Å². The Morgan fingerprint density at radius 1 is 0.767 bits per heavy atom. The summed E-state index contributed by atoms with van der Waals surface area (Å²) >= 11 is 0. The second-order valence-corrected chi connectivity index (χ2v) is 9.89. The van der Waals surface area contributed by atoms with Crippen molar-refractivity contribution in [2.75, 3.05) is 5.73 Å². The number of hydrogen-bond donors (Lipinski definition) is 3. The number of rotatable bonds is 8. The van der Waals surface area contributed by atoms with E-state index in [2.05, 4.69) is 15.0 Å². The van der Waals surface area contributed by atoms with Gasteiger partial charge < -0.3 is 25.4 Å². The van der Waals surface area contributed by atoms with Gasteiger partial charge >= 0.3 is 5.97 Å². The third-order valence-electron chi connectivity index (χ3n) is 7.31. The predicted octanol–water partition coefficient (Wildman–Crippen LogP) is 2.39. The van der Waals surface area contributed by atoms with Gasteiger partial charge in [-0.2, -0.15) is 0 Å². The molecule has 5 aromatic rings. The molecular formula is C31H25N5O7. The van der Waals surface area contributed by atoms with Crippen LogP contribution in [0.1, 0.15) is 37.3 Å². The predicted molar refractivity (Wildman–Crippen MR) is 152 cm³/mol. The monoisotopic (exact) mass is 579 g/mol. The molecule has 1 aliphatic heterocycles. The molecule has 3 heterocycles. The molecule has 12 heteroatoms. The van der Waals surface area contributed by atoms with Gasteiger partial charge in [-0.25, -0.2) is 19.7 Å². The summed E-state index contributed by atoms with van der Waals surface area (Å²) in [7, 11) is 0. The van der Waals surface area contributed by atoms with E-state index in [9.17, 15) is 24.6 Å². The SMILES string of the molecule is Nc1ncnc2c1ncn2[C@@H]1O[C@H](C(OC(=O)c2ccccc2)(C(=O)c2ccccc2)C(=O)c2ccccc2)[C@@H](O)[C@H]1O. The fourth-order valence-corrected chi connectivity index (χ4v) is 5.18. The highest BCUT2D eigenvalue weighted by atomic mass is 16.6. The minimum atomic E-state index is -2.78. The summed E-state index contributed by atoms with van der Waals surface area (Å²) in [6.45, 7) is 0. The van der Waals surface area contributed by atoms with E-state index in [0.717, 1.165) is 0 Å². The number of aromatic nitrogens is 4. The van der Waals surface area contributed by atoms with Crippen molar-refractivity contribution in [1.82, 2.24) is 19.5 Å². The molecule has 43 heavy (non-hydrogen) atoms. The van der Waals surface area contributed by atoms with E-state index in [4.69, 9.17) is 15.2 Å². The minimum Gasteiger partial charge on any atom is -0.435 e. The summed E-state index contributed by atoms with van der Waals surface area (Å²) in [5.74, 6) is -2.86. The second kappa shape index (κ2) is 11.2. The van der Waals surface area contributed by atoms with Gasteiger partial charge in [0.25, 0.3) is 5.60 Å². The lowest BCUT2D eigenvalue weighted by Gasteiger charge is -2.36. The molecule has 1 fully saturated rings. The quantitative estimate of drug-likeness (QED) is 0.140. The first-order valence-electron chi connectivity index (χ1n) is 13.3. The lowest BCUT2D eigenvalue weighted by atomic mass is 9.78. The van der Waals surface area contributed by atoms with Gasteiger partial charge in [-0.05, 0) is 12.1 Å². The Balaban J connectivity index is 1.54. The van der Waals surface area contributed by atoms with Crippen molar-refractivity contribution in [3.05, 3.63) is 120 Å². The highest BCUT2D eigenvalue weighted by Crippen LogP contribution is 2.41. The zero-order chi connectivity index (χ0) is 30.1. The van der Waals surface area contributed by atoms with Gasteiger partial charge in [-0.1, -0.05) is 78.9 Å². The van der Waals surface area contributed by atoms with Gasteiger partial charge in [0.15, 0.2) is 17.7 Å². The molecule has 3 aromatic carbocycles. The van der Waals surface area contributed by atoms with E-state index in [1.54, 1.807) is 54.6 Å². The molecule has 6 rings (SSSR count). The third kappa shape index (κ3) is 4.73. The average Bonchev–Trinajstić information content (AvgIpc) is 3.61. The van der Waals surface area contributed by atoms with Crippen LogP contribution < -0.4 is 5.73 Å². The molecule has 4 N–H and O–H groups in total. The van der Waals surface area contributed by atoms with Gasteiger partial charge in [-0.3, -0.25) is 14.2 Å². The molecule has 0 unspecified atom stereocenters. The average molecular weight is 580 g/mol. The topological polar surface area (TPSA) is 180 Å². The van der Waals surface area contributed by atoms with Crippen LogP contribution in [0.2, 0.25) is 0 Å². The lowest BCUT2D eigenvalue weighted by Crippen LogP contribution is -2.62. The van der Waals surface area contributed by atoms with Crippen LogP contribution in [0.5, 0.6) is 0 Å². The maximum atomic E-state index is 14.5. The summed E-state index contributed by atoms with van der Waals surface area (Å²) in [6, 6.07) is 23.2. The number of carbonyl (C=O) groups is 3.